The highest BCUT2D eigenvalue weighted by Crippen LogP contribution is 2.16. The Bertz CT molecular complexity index is 714. The summed E-state index contributed by atoms with van der Waals surface area (Å²) in [4.78, 5) is 12.0. The molecule has 0 aliphatic heterocycles. The Balaban J connectivity index is 1.87. The van der Waals surface area contributed by atoms with Crippen LogP contribution >= 0.6 is 0 Å². The molecule has 7 heteroatoms. The van der Waals surface area contributed by atoms with E-state index in [0.29, 0.717) is 17.2 Å². The maximum Gasteiger partial charge on any atom is 0.274 e. The molecule has 4 N–H and O–H groups in total. The van der Waals surface area contributed by atoms with Crippen LogP contribution in [0.4, 0.5) is 11.5 Å². The Labute approximate surface area is 114 Å². The van der Waals surface area contributed by atoms with Gasteiger partial charge in [-0.1, -0.05) is 0 Å². The first kappa shape index (κ1) is 12.0. The summed E-state index contributed by atoms with van der Waals surface area (Å²) >= 11 is 0. The van der Waals surface area contributed by atoms with E-state index >= 15 is 0 Å². The lowest BCUT2D eigenvalue weighted by atomic mass is 10.3. The van der Waals surface area contributed by atoms with Crippen molar-refractivity contribution >= 4 is 17.4 Å². The molecule has 1 aromatic carbocycles. The third-order valence-electron chi connectivity index (χ3n) is 2.77. The normalized spacial score (nSPS) is 10.4. The number of anilines is 2. The number of aromatic amines is 1. The van der Waals surface area contributed by atoms with E-state index in [9.17, 15) is 4.79 Å². The number of hydrogen-bond donors (Lipinski definition) is 3. The molecule has 3 aromatic rings. The molecular formula is C13H12N6O. The van der Waals surface area contributed by atoms with Crippen LogP contribution in [0.2, 0.25) is 0 Å². The number of nitrogens with zero attached hydrogens (tertiary/aromatic N) is 3. The molecule has 0 bridgehead atoms. The van der Waals surface area contributed by atoms with E-state index < -0.39 is 0 Å². The number of aromatic nitrogens is 4. The van der Waals surface area contributed by atoms with Crippen molar-refractivity contribution in [1.82, 2.24) is 20.0 Å². The minimum atomic E-state index is -0.278. The summed E-state index contributed by atoms with van der Waals surface area (Å²) in [5.74, 6) is 0.286. The number of nitrogens with two attached hydrogens (primary N) is 1. The predicted molar refractivity (Wildman–Crippen MR) is 74.5 cm³/mol. The average Bonchev–Trinajstić information content (AvgIpc) is 3.10. The van der Waals surface area contributed by atoms with Gasteiger partial charge in [0.1, 0.15) is 11.5 Å². The fourth-order valence-corrected chi connectivity index (χ4v) is 1.79. The van der Waals surface area contributed by atoms with Crippen LogP contribution in [-0.2, 0) is 0 Å². The molecule has 100 valence electrons. The van der Waals surface area contributed by atoms with Gasteiger partial charge in [0, 0.05) is 18.0 Å². The summed E-state index contributed by atoms with van der Waals surface area (Å²) in [5.41, 5.74) is 7.52. The Morgan fingerprint density at radius 2 is 1.95 bits per heavy atom. The molecule has 0 saturated carbocycles. The van der Waals surface area contributed by atoms with Crippen LogP contribution in [0.5, 0.6) is 0 Å². The minimum absolute atomic E-state index is 0.278. The first-order valence-corrected chi connectivity index (χ1v) is 5.95. The molecule has 0 fully saturated rings. The van der Waals surface area contributed by atoms with Gasteiger partial charge in [-0.25, -0.2) is 4.68 Å². The van der Waals surface area contributed by atoms with E-state index in [-0.39, 0.29) is 5.91 Å². The summed E-state index contributed by atoms with van der Waals surface area (Å²) < 4.78 is 1.62. The largest absolute Gasteiger partial charge is 0.399 e. The standard InChI is InChI=1S/C13H12N6O/c14-9-1-3-10(4-2-9)19-12(6-8-16-19)17-13(20)11-5-7-15-18-11/h1-8H,14H2,(H,15,18)(H,17,20). The number of rotatable bonds is 3. The topological polar surface area (TPSA) is 102 Å². The van der Waals surface area contributed by atoms with Gasteiger partial charge in [0.25, 0.3) is 5.91 Å². The Kier molecular flexibility index (Phi) is 2.92. The molecule has 1 amide bonds. The molecule has 7 nitrogen and oxygen atoms in total. The zero-order valence-corrected chi connectivity index (χ0v) is 10.4. The summed E-state index contributed by atoms with van der Waals surface area (Å²) in [5, 5.41) is 13.3. The molecule has 0 atom stereocenters. The van der Waals surface area contributed by atoms with Gasteiger partial charge in [-0.2, -0.15) is 10.2 Å². The van der Waals surface area contributed by atoms with Crippen molar-refractivity contribution in [2.45, 2.75) is 0 Å². The molecule has 3 rings (SSSR count). The maximum atomic E-state index is 12.0. The zero-order valence-electron chi connectivity index (χ0n) is 10.4. The molecule has 0 aliphatic rings. The first-order valence-electron chi connectivity index (χ1n) is 5.95. The van der Waals surface area contributed by atoms with Gasteiger partial charge >= 0.3 is 0 Å². The number of H-pyrrole nitrogens is 1. The van der Waals surface area contributed by atoms with Crippen LogP contribution in [0.25, 0.3) is 5.69 Å². The quantitative estimate of drug-likeness (QED) is 0.625. The van der Waals surface area contributed by atoms with Gasteiger partial charge in [0.2, 0.25) is 0 Å². The van der Waals surface area contributed by atoms with E-state index in [1.54, 1.807) is 35.1 Å². The van der Waals surface area contributed by atoms with E-state index in [4.69, 9.17) is 5.73 Å². The van der Waals surface area contributed by atoms with Gasteiger partial charge in [-0.05, 0) is 30.3 Å². The number of amides is 1. The van der Waals surface area contributed by atoms with Gasteiger partial charge in [0.05, 0.1) is 11.9 Å². The minimum Gasteiger partial charge on any atom is -0.399 e. The number of nitrogens with one attached hydrogen (secondary N) is 2. The summed E-state index contributed by atoms with van der Waals surface area (Å²) in [7, 11) is 0. The Morgan fingerprint density at radius 1 is 1.15 bits per heavy atom. The van der Waals surface area contributed by atoms with Crippen LogP contribution in [0.3, 0.4) is 0 Å². The van der Waals surface area contributed by atoms with Crippen molar-refractivity contribution in [3.8, 4) is 5.69 Å². The molecule has 20 heavy (non-hydrogen) atoms. The number of carbonyl (C=O) groups is 1. The second kappa shape index (κ2) is 4.88. The van der Waals surface area contributed by atoms with Gasteiger partial charge in [-0.3, -0.25) is 9.89 Å². The molecule has 2 aromatic heterocycles. The van der Waals surface area contributed by atoms with E-state index in [1.165, 1.54) is 6.20 Å². The van der Waals surface area contributed by atoms with Gasteiger partial charge in [-0.15, -0.1) is 0 Å². The van der Waals surface area contributed by atoms with E-state index in [2.05, 4.69) is 20.6 Å². The lowest BCUT2D eigenvalue weighted by Crippen LogP contribution is -2.15. The zero-order chi connectivity index (χ0) is 13.9. The number of carbonyl (C=O) groups excluding carboxylic acids is 1. The Morgan fingerprint density at radius 3 is 2.65 bits per heavy atom. The Hall–Kier alpha value is -3.09. The van der Waals surface area contributed by atoms with E-state index in [1.807, 2.05) is 12.1 Å². The maximum absolute atomic E-state index is 12.0. The molecule has 0 saturated heterocycles. The molecule has 2 heterocycles. The van der Waals surface area contributed by atoms with Crippen molar-refractivity contribution < 1.29 is 4.79 Å². The lowest BCUT2D eigenvalue weighted by Gasteiger charge is -2.08. The number of hydrogen-bond acceptors (Lipinski definition) is 4. The van der Waals surface area contributed by atoms with Crippen molar-refractivity contribution in [3.63, 3.8) is 0 Å². The summed E-state index contributed by atoms with van der Waals surface area (Å²) in [6, 6.07) is 10.5. The van der Waals surface area contributed by atoms with Crippen LogP contribution in [-0.4, -0.2) is 25.9 Å². The molecular weight excluding hydrogens is 256 g/mol. The third kappa shape index (κ3) is 2.24. The van der Waals surface area contributed by atoms with Crippen LogP contribution in [0, 0.1) is 0 Å². The molecule has 0 aliphatic carbocycles. The smallest absolute Gasteiger partial charge is 0.274 e. The second-order valence-corrected chi connectivity index (χ2v) is 4.14. The van der Waals surface area contributed by atoms with Crippen LogP contribution < -0.4 is 11.1 Å². The van der Waals surface area contributed by atoms with Crippen molar-refractivity contribution in [2.75, 3.05) is 11.1 Å². The van der Waals surface area contributed by atoms with Crippen molar-refractivity contribution in [2.24, 2.45) is 0 Å². The van der Waals surface area contributed by atoms with Crippen LogP contribution in [0.1, 0.15) is 10.5 Å². The third-order valence-corrected chi connectivity index (χ3v) is 2.77. The monoisotopic (exact) mass is 268 g/mol. The van der Waals surface area contributed by atoms with E-state index in [0.717, 1.165) is 5.69 Å². The van der Waals surface area contributed by atoms with Crippen LogP contribution in [0.15, 0.2) is 48.8 Å². The second-order valence-electron chi connectivity index (χ2n) is 4.14. The molecule has 0 unspecified atom stereocenters. The van der Waals surface area contributed by atoms with Gasteiger partial charge in [0.15, 0.2) is 0 Å². The molecule has 0 radical (unpaired) electrons. The average molecular weight is 268 g/mol. The highest BCUT2D eigenvalue weighted by atomic mass is 16.2. The number of benzene rings is 1. The molecule has 0 spiro atoms. The SMILES string of the molecule is Nc1ccc(-n2nccc2NC(=O)c2ccn[nH]2)cc1. The highest BCUT2D eigenvalue weighted by molar-refractivity contribution is 6.02. The number of nitrogen functional groups attached to an aromatic ring is 1. The first-order chi connectivity index (χ1) is 9.74. The van der Waals surface area contributed by atoms with Gasteiger partial charge < -0.3 is 11.1 Å². The fourth-order valence-electron chi connectivity index (χ4n) is 1.79. The summed E-state index contributed by atoms with van der Waals surface area (Å²) in [6.07, 6.45) is 3.13. The lowest BCUT2D eigenvalue weighted by molar-refractivity contribution is 0.102. The summed E-state index contributed by atoms with van der Waals surface area (Å²) in [6.45, 7) is 0. The van der Waals surface area contributed by atoms with Crippen molar-refractivity contribution in [1.29, 1.82) is 0 Å². The fraction of sp³-hybridized carbons (Fsp3) is 0. The predicted octanol–water partition coefficient (Wildman–Crippen LogP) is 1.43. The van der Waals surface area contributed by atoms with Crippen molar-refractivity contribution in [3.05, 3.63) is 54.5 Å². The highest BCUT2D eigenvalue weighted by Gasteiger charge is 2.11.